The highest BCUT2D eigenvalue weighted by Gasteiger charge is 2.19. The van der Waals surface area contributed by atoms with Gasteiger partial charge in [0.1, 0.15) is 5.82 Å². The first kappa shape index (κ1) is 17.1. The number of benzene rings is 1. The molecule has 0 aliphatic heterocycles. The zero-order valence-corrected chi connectivity index (χ0v) is 12.9. The molecule has 1 aromatic carbocycles. The maximum absolute atomic E-state index is 13.2. The predicted molar refractivity (Wildman–Crippen MR) is 76.5 cm³/mol. The van der Waals surface area contributed by atoms with Crippen molar-refractivity contribution in [3.8, 4) is 0 Å². The first-order chi connectivity index (χ1) is 9.27. The van der Waals surface area contributed by atoms with Crippen LogP contribution in [0.15, 0.2) is 17.0 Å². The number of aliphatic hydroxyl groups is 1. The average molecular weight is 303 g/mol. The highest BCUT2D eigenvalue weighted by molar-refractivity contribution is 7.89. The molecule has 1 rings (SSSR count). The van der Waals surface area contributed by atoms with Crippen molar-refractivity contribution < 1.29 is 17.9 Å². The van der Waals surface area contributed by atoms with Gasteiger partial charge in [0, 0.05) is 13.2 Å². The quantitative estimate of drug-likeness (QED) is 0.758. The third-order valence-corrected chi connectivity index (χ3v) is 4.94. The summed E-state index contributed by atoms with van der Waals surface area (Å²) in [5, 5.41) is 8.90. The Morgan fingerprint density at radius 3 is 2.35 bits per heavy atom. The minimum atomic E-state index is -3.62. The molecular formula is C14H22FNO3S. The van der Waals surface area contributed by atoms with Crippen LogP contribution in [-0.2, 0) is 10.0 Å². The molecule has 0 heterocycles. The fourth-order valence-corrected chi connectivity index (χ4v) is 3.66. The molecule has 0 aliphatic carbocycles. The molecule has 20 heavy (non-hydrogen) atoms. The van der Waals surface area contributed by atoms with Gasteiger partial charge in [-0.05, 0) is 55.9 Å². The van der Waals surface area contributed by atoms with E-state index in [-0.39, 0.29) is 17.4 Å². The SMILES string of the molecule is Cc1cc(F)cc(C)c1S(=O)(=O)NCCCC(C)CO. The summed E-state index contributed by atoms with van der Waals surface area (Å²) in [6.45, 7) is 5.48. The van der Waals surface area contributed by atoms with Crippen molar-refractivity contribution in [2.45, 2.75) is 38.5 Å². The molecule has 0 spiro atoms. The van der Waals surface area contributed by atoms with Crippen molar-refractivity contribution in [1.82, 2.24) is 4.72 Å². The van der Waals surface area contributed by atoms with E-state index in [1.165, 1.54) is 12.1 Å². The molecule has 1 unspecified atom stereocenters. The Bertz CT molecular complexity index is 535. The Labute approximate surface area is 120 Å². The van der Waals surface area contributed by atoms with Gasteiger partial charge in [0.25, 0.3) is 0 Å². The van der Waals surface area contributed by atoms with E-state index in [0.717, 1.165) is 6.42 Å². The number of nitrogens with one attached hydrogen (secondary N) is 1. The third kappa shape index (κ3) is 4.54. The summed E-state index contributed by atoms with van der Waals surface area (Å²) in [5.41, 5.74) is 0.803. The first-order valence-corrected chi connectivity index (χ1v) is 8.13. The summed E-state index contributed by atoms with van der Waals surface area (Å²) in [4.78, 5) is 0.147. The summed E-state index contributed by atoms with van der Waals surface area (Å²) < 4.78 is 40.1. The highest BCUT2D eigenvalue weighted by atomic mass is 32.2. The molecule has 0 aliphatic rings. The van der Waals surface area contributed by atoms with Gasteiger partial charge in [-0.2, -0.15) is 0 Å². The zero-order chi connectivity index (χ0) is 15.3. The van der Waals surface area contributed by atoms with Crippen LogP contribution in [0.4, 0.5) is 4.39 Å². The minimum Gasteiger partial charge on any atom is -0.396 e. The molecule has 6 heteroatoms. The maximum Gasteiger partial charge on any atom is 0.241 e. The molecule has 2 N–H and O–H groups in total. The van der Waals surface area contributed by atoms with E-state index in [4.69, 9.17) is 5.11 Å². The smallest absolute Gasteiger partial charge is 0.241 e. The van der Waals surface area contributed by atoms with Crippen LogP contribution >= 0.6 is 0 Å². The van der Waals surface area contributed by atoms with Gasteiger partial charge in [-0.1, -0.05) is 6.92 Å². The van der Waals surface area contributed by atoms with Gasteiger partial charge in [-0.15, -0.1) is 0 Å². The van der Waals surface area contributed by atoms with Crippen LogP contribution in [0, 0.1) is 25.6 Å². The van der Waals surface area contributed by atoms with Gasteiger partial charge >= 0.3 is 0 Å². The lowest BCUT2D eigenvalue weighted by Gasteiger charge is -2.13. The lowest BCUT2D eigenvalue weighted by atomic mass is 10.1. The Hall–Kier alpha value is -0.980. The van der Waals surface area contributed by atoms with Crippen LogP contribution in [0.2, 0.25) is 0 Å². The summed E-state index contributed by atoms with van der Waals surface area (Å²) in [5.74, 6) is -0.274. The second-order valence-corrected chi connectivity index (χ2v) is 6.90. The molecule has 0 amide bonds. The van der Waals surface area contributed by atoms with Crippen molar-refractivity contribution in [2.24, 2.45) is 5.92 Å². The Morgan fingerprint density at radius 1 is 1.30 bits per heavy atom. The lowest BCUT2D eigenvalue weighted by molar-refractivity contribution is 0.228. The van der Waals surface area contributed by atoms with Gasteiger partial charge in [0.2, 0.25) is 10.0 Å². The van der Waals surface area contributed by atoms with Gasteiger partial charge in [0.05, 0.1) is 4.90 Å². The lowest BCUT2D eigenvalue weighted by Crippen LogP contribution is -2.26. The van der Waals surface area contributed by atoms with Crippen LogP contribution in [0.3, 0.4) is 0 Å². The van der Waals surface area contributed by atoms with Crippen LogP contribution in [0.25, 0.3) is 0 Å². The molecule has 1 aromatic rings. The van der Waals surface area contributed by atoms with Crippen molar-refractivity contribution in [3.63, 3.8) is 0 Å². The topological polar surface area (TPSA) is 66.4 Å². The number of aryl methyl sites for hydroxylation is 2. The Balaban J connectivity index is 2.75. The first-order valence-electron chi connectivity index (χ1n) is 6.65. The summed E-state index contributed by atoms with van der Waals surface area (Å²) in [6.07, 6.45) is 1.40. The van der Waals surface area contributed by atoms with Crippen LogP contribution in [0.1, 0.15) is 30.9 Å². The van der Waals surface area contributed by atoms with Gasteiger partial charge in [-0.25, -0.2) is 17.5 Å². The third-order valence-electron chi connectivity index (χ3n) is 3.17. The van der Waals surface area contributed by atoms with Crippen molar-refractivity contribution >= 4 is 10.0 Å². The summed E-state index contributed by atoms with van der Waals surface area (Å²) in [7, 11) is -3.62. The Kier molecular flexibility index (Phi) is 6.10. The van der Waals surface area contributed by atoms with Gasteiger partial charge in [-0.3, -0.25) is 0 Å². The highest BCUT2D eigenvalue weighted by Crippen LogP contribution is 2.21. The van der Waals surface area contributed by atoms with E-state index in [1.54, 1.807) is 13.8 Å². The number of hydrogen-bond acceptors (Lipinski definition) is 3. The number of rotatable bonds is 7. The van der Waals surface area contributed by atoms with Crippen molar-refractivity contribution in [1.29, 1.82) is 0 Å². The van der Waals surface area contributed by atoms with Crippen LogP contribution in [0.5, 0.6) is 0 Å². The molecule has 0 radical (unpaired) electrons. The minimum absolute atomic E-state index is 0.100. The van der Waals surface area contributed by atoms with E-state index < -0.39 is 15.8 Å². The molecule has 114 valence electrons. The number of hydrogen-bond donors (Lipinski definition) is 2. The van der Waals surface area contributed by atoms with Gasteiger partial charge in [0.15, 0.2) is 0 Å². The van der Waals surface area contributed by atoms with Crippen molar-refractivity contribution in [2.75, 3.05) is 13.2 Å². The fourth-order valence-electron chi connectivity index (χ4n) is 2.14. The monoisotopic (exact) mass is 303 g/mol. The van der Waals surface area contributed by atoms with Gasteiger partial charge < -0.3 is 5.11 Å². The molecule has 0 saturated carbocycles. The molecule has 0 saturated heterocycles. The second kappa shape index (κ2) is 7.15. The normalized spacial score (nSPS) is 13.4. The van der Waals surface area contributed by atoms with E-state index in [9.17, 15) is 12.8 Å². The fraction of sp³-hybridized carbons (Fsp3) is 0.571. The standard InChI is InChI=1S/C14H22FNO3S/c1-10(9-17)5-4-6-16-20(18,19)14-11(2)7-13(15)8-12(14)3/h7-8,10,16-17H,4-6,9H2,1-3H3. The summed E-state index contributed by atoms with van der Waals surface area (Å²) >= 11 is 0. The van der Waals surface area contributed by atoms with Crippen LogP contribution < -0.4 is 4.72 Å². The average Bonchev–Trinajstić information content (AvgIpc) is 2.32. The predicted octanol–water partition coefficient (Wildman–Crippen LogP) is 2.13. The molecule has 1 atom stereocenters. The number of sulfonamides is 1. The Morgan fingerprint density at radius 2 is 1.85 bits per heavy atom. The number of halogens is 1. The molecule has 0 aromatic heterocycles. The van der Waals surface area contributed by atoms with E-state index >= 15 is 0 Å². The molecule has 0 fully saturated rings. The summed E-state index contributed by atoms with van der Waals surface area (Å²) in [6, 6.07) is 2.44. The largest absolute Gasteiger partial charge is 0.396 e. The van der Waals surface area contributed by atoms with Crippen LogP contribution in [-0.4, -0.2) is 26.7 Å². The molecular weight excluding hydrogens is 281 g/mol. The zero-order valence-electron chi connectivity index (χ0n) is 12.1. The van der Waals surface area contributed by atoms with E-state index in [0.29, 0.717) is 24.1 Å². The second-order valence-electron chi connectivity index (χ2n) is 5.20. The van der Waals surface area contributed by atoms with Crippen molar-refractivity contribution in [3.05, 3.63) is 29.1 Å². The maximum atomic E-state index is 13.2. The van der Waals surface area contributed by atoms with E-state index in [1.807, 2.05) is 6.92 Å². The van der Waals surface area contributed by atoms with E-state index in [2.05, 4.69) is 4.72 Å². The number of aliphatic hydroxyl groups excluding tert-OH is 1. The molecule has 4 nitrogen and oxygen atoms in total. The molecule has 0 bridgehead atoms.